The molecule has 0 spiro atoms. The van der Waals surface area contributed by atoms with E-state index in [4.69, 9.17) is 4.52 Å². The molecule has 1 aliphatic rings. The first kappa shape index (κ1) is 11.4. The minimum absolute atomic E-state index is 0.670. The van der Waals surface area contributed by atoms with Crippen LogP contribution in [0.4, 0.5) is 0 Å². The summed E-state index contributed by atoms with van der Waals surface area (Å²) in [7, 11) is 0. The SMILES string of the molecule is Cc1cccc(Cc2nc(CNC3CC3)no2)c1. The minimum Gasteiger partial charge on any atom is -0.339 e. The van der Waals surface area contributed by atoms with Gasteiger partial charge >= 0.3 is 0 Å². The number of rotatable bonds is 5. The molecule has 1 saturated carbocycles. The first-order valence-corrected chi connectivity index (χ1v) is 6.40. The van der Waals surface area contributed by atoms with Gasteiger partial charge in [-0.15, -0.1) is 0 Å². The zero-order chi connectivity index (χ0) is 12.4. The standard InChI is InChI=1S/C14H17N3O/c1-10-3-2-4-11(7-10)8-14-16-13(17-18-14)9-15-12-5-6-12/h2-4,7,12,15H,5-6,8-9H2,1H3. The highest BCUT2D eigenvalue weighted by molar-refractivity contribution is 5.24. The van der Waals surface area contributed by atoms with Crippen molar-refractivity contribution in [2.45, 2.75) is 38.8 Å². The van der Waals surface area contributed by atoms with E-state index in [2.05, 4.69) is 46.6 Å². The second kappa shape index (κ2) is 4.90. The molecule has 1 aromatic carbocycles. The molecule has 0 radical (unpaired) electrons. The number of benzene rings is 1. The molecule has 2 aromatic rings. The molecule has 18 heavy (non-hydrogen) atoms. The van der Waals surface area contributed by atoms with Crippen molar-refractivity contribution in [3.63, 3.8) is 0 Å². The number of aromatic nitrogens is 2. The molecular formula is C14H17N3O. The monoisotopic (exact) mass is 243 g/mol. The average molecular weight is 243 g/mol. The molecule has 1 fully saturated rings. The third kappa shape index (κ3) is 2.96. The Morgan fingerprint density at radius 3 is 3.06 bits per heavy atom. The predicted octanol–water partition coefficient (Wildman–Crippen LogP) is 2.22. The molecule has 0 aliphatic heterocycles. The molecule has 0 amide bonds. The van der Waals surface area contributed by atoms with Crippen molar-refractivity contribution in [2.24, 2.45) is 0 Å². The van der Waals surface area contributed by atoms with Crippen LogP contribution < -0.4 is 5.32 Å². The molecule has 1 aromatic heterocycles. The van der Waals surface area contributed by atoms with Gasteiger partial charge in [0.15, 0.2) is 5.82 Å². The molecule has 1 N–H and O–H groups in total. The minimum atomic E-state index is 0.670. The fraction of sp³-hybridized carbons (Fsp3) is 0.429. The highest BCUT2D eigenvalue weighted by Crippen LogP contribution is 2.19. The van der Waals surface area contributed by atoms with Gasteiger partial charge < -0.3 is 9.84 Å². The lowest BCUT2D eigenvalue weighted by Gasteiger charge is -1.98. The summed E-state index contributed by atoms with van der Waals surface area (Å²) in [4.78, 5) is 4.39. The third-order valence-corrected chi connectivity index (χ3v) is 3.07. The smallest absolute Gasteiger partial charge is 0.231 e. The van der Waals surface area contributed by atoms with Gasteiger partial charge in [-0.2, -0.15) is 4.98 Å². The number of aryl methyl sites for hydroxylation is 1. The molecule has 3 rings (SSSR count). The maximum Gasteiger partial charge on any atom is 0.231 e. The molecule has 0 atom stereocenters. The second-order valence-corrected chi connectivity index (χ2v) is 4.93. The Morgan fingerprint density at radius 2 is 2.28 bits per heavy atom. The van der Waals surface area contributed by atoms with Gasteiger partial charge in [0, 0.05) is 6.04 Å². The summed E-state index contributed by atoms with van der Waals surface area (Å²) in [5, 5.41) is 7.36. The van der Waals surface area contributed by atoms with Crippen LogP contribution in [0.1, 0.15) is 35.7 Å². The van der Waals surface area contributed by atoms with Gasteiger partial charge in [0.1, 0.15) is 0 Å². The van der Waals surface area contributed by atoms with Crippen LogP contribution in [-0.4, -0.2) is 16.2 Å². The fourth-order valence-corrected chi connectivity index (χ4v) is 1.95. The third-order valence-electron chi connectivity index (χ3n) is 3.07. The fourth-order valence-electron chi connectivity index (χ4n) is 1.95. The molecule has 0 saturated heterocycles. The second-order valence-electron chi connectivity index (χ2n) is 4.93. The van der Waals surface area contributed by atoms with Crippen molar-refractivity contribution in [1.82, 2.24) is 15.5 Å². The average Bonchev–Trinajstić information content (AvgIpc) is 3.08. The lowest BCUT2D eigenvalue weighted by Crippen LogP contribution is -2.16. The van der Waals surface area contributed by atoms with Gasteiger partial charge in [-0.05, 0) is 25.3 Å². The Kier molecular flexibility index (Phi) is 3.11. The van der Waals surface area contributed by atoms with E-state index in [9.17, 15) is 0 Å². The van der Waals surface area contributed by atoms with Crippen LogP contribution in [0.15, 0.2) is 28.8 Å². The van der Waals surface area contributed by atoms with Crippen LogP contribution in [0, 0.1) is 6.92 Å². The maximum atomic E-state index is 5.26. The summed E-state index contributed by atoms with van der Waals surface area (Å²) >= 11 is 0. The van der Waals surface area contributed by atoms with Gasteiger partial charge in [0.05, 0.1) is 13.0 Å². The molecule has 0 bridgehead atoms. The van der Waals surface area contributed by atoms with Gasteiger partial charge in [-0.3, -0.25) is 0 Å². The van der Waals surface area contributed by atoms with Crippen LogP contribution >= 0.6 is 0 Å². The van der Waals surface area contributed by atoms with Gasteiger partial charge in [-0.25, -0.2) is 0 Å². The normalized spacial score (nSPS) is 14.9. The van der Waals surface area contributed by atoms with Crippen molar-refractivity contribution >= 4 is 0 Å². The Morgan fingerprint density at radius 1 is 1.39 bits per heavy atom. The van der Waals surface area contributed by atoms with Crippen LogP contribution in [0.5, 0.6) is 0 Å². The molecule has 94 valence electrons. The number of nitrogens with one attached hydrogen (secondary N) is 1. The largest absolute Gasteiger partial charge is 0.339 e. The molecule has 4 nitrogen and oxygen atoms in total. The van der Waals surface area contributed by atoms with Crippen molar-refractivity contribution < 1.29 is 4.52 Å². The van der Waals surface area contributed by atoms with E-state index in [-0.39, 0.29) is 0 Å². The van der Waals surface area contributed by atoms with Gasteiger partial charge in [-0.1, -0.05) is 35.0 Å². The van der Waals surface area contributed by atoms with E-state index in [1.54, 1.807) is 0 Å². The molecule has 0 unspecified atom stereocenters. The van der Waals surface area contributed by atoms with Crippen molar-refractivity contribution in [3.05, 3.63) is 47.1 Å². The zero-order valence-corrected chi connectivity index (χ0v) is 10.5. The summed E-state index contributed by atoms with van der Waals surface area (Å²) in [5.74, 6) is 1.44. The molecule has 4 heteroatoms. The summed E-state index contributed by atoms with van der Waals surface area (Å²) in [5.41, 5.74) is 2.46. The van der Waals surface area contributed by atoms with E-state index < -0.39 is 0 Å². The summed E-state index contributed by atoms with van der Waals surface area (Å²) in [6.07, 6.45) is 3.25. The predicted molar refractivity (Wildman–Crippen MR) is 68.1 cm³/mol. The highest BCUT2D eigenvalue weighted by atomic mass is 16.5. The van der Waals surface area contributed by atoms with E-state index in [0.717, 1.165) is 5.82 Å². The van der Waals surface area contributed by atoms with Crippen LogP contribution in [0.2, 0.25) is 0 Å². The Labute approximate surface area is 106 Å². The number of hydrogen-bond donors (Lipinski definition) is 1. The van der Waals surface area contributed by atoms with Crippen molar-refractivity contribution in [2.75, 3.05) is 0 Å². The van der Waals surface area contributed by atoms with Gasteiger partial charge in [0.2, 0.25) is 5.89 Å². The van der Waals surface area contributed by atoms with E-state index in [1.807, 2.05) is 0 Å². The summed E-state index contributed by atoms with van der Waals surface area (Å²) in [6, 6.07) is 9.04. The number of hydrogen-bond acceptors (Lipinski definition) is 4. The highest BCUT2D eigenvalue weighted by Gasteiger charge is 2.21. The molecular weight excluding hydrogens is 226 g/mol. The maximum absolute atomic E-state index is 5.26. The molecule has 1 aliphatic carbocycles. The summed E-state index contributed by atoms with van der Waals surface area (Å²) in [6.45, 7) is 2.80. The van der Waals surface area contributed by atoms with Crippen LogP contribution in [-0.2, 0) is 13.0 Å². The van der Waals surface area contributed by atoms with Gasteiger partial charge in [0.25, 0.3) is 0 Å². The van der Waals surface area contributed by atoms with E-state index in [0.29, 0.717) is 24.9 Å². The molecule has 1 heterocycles. The quantitative estimate of drug-likeness (QED) is 0.874. The number of nitrogens with zero attached hydrogens (tertiary/aromatic N) is 2. The van der Waals surface area contributed by atoms with Crippen LogP contribution in [0.25, 0.3) is 0 Å². The van der Waals surface area contributed by atoms with Crippen molar-refractivity contribution in [3.8, 4) is 0 Å². The Balaban J connectivity index is 1.61. The zero-order valence-electron chi connectivity index (χ0n) is 10.5. The lowest BCUT2D eigenvalue weighted by atomic mass is 10.1. The Hall–Kier alpha value is -1.68. The van der Waals surface area contributed by atoms with Crippen LogP contribution in [0.3, 0.4) is 0 Å². The topological polar surface area (TPSA) is 51.0 Å². The first-order chi connectivity index (χ1) is 8.79. The Bertz CT molecular complexity index is 531. The van der Waals surface area contributed by atoms with Crippen molar-refractivity contribution in [1.29, 1.82) is 0 Å². The first-order valence-electron chi connectivity index (χ1n) is 6.40. The van der Waals surface area contributed by atoms with E-state index >= 15 is 0 Å². The lowest BCUT2D eigenvalue weighted by molar-refractivity contribution is 0.377. The van der Waals surface area contributed by atoms with E-state index in [1.165, 1.54) is 24.0 Å². The summed E-state index contributed by atoms with van der Waals surface area (Å²) < 4.78 is 5.26.